The Bertz CT molecular complexity index is 422. The molecule has 1 fully saturated rings. The van der Waals surface area contributed by atoms with Gasteiger partial charge in [0.25, 0.3) is 0 Å². The van der Waals surface area contributed by atoms with Crippen molar-refractivity contribution in [3.05, 3.63) is 23.9 Å². The second-order valence-corrected chi connectivity index (χ2v) is 6.93. The van der Waals surface area contributed by atoms with Crippen molar-refractivity contribution in [2.24, 2.45) is 5.92 Å². The maximum Gasteiger partial charge on any atom is 0.129 e. The highest BCUT2D eigenvalue weighted by Crippen LogP contribution is 2.27. The first-order chi connectivity index (χ1) is 8.85. The van der Waals surface area contributed by atoms with Crippen molar-refractivity contribution in [3.63, 3.8) is 0 Å². The van der Waals surface area contributed by atoms with Gasteiger partial charge in [0.1, 0.15) is 5.82 Å². The van der Waals surface area contributed by atoms with Gasteiger partial charge in [0, 0.05) is 24.7 Å². The molecule has 0 radical (unpaired) electrons. The molecule has 3 heteroatoms. The summed E-state index contributed by atoms with van der Waals surface area (Å²) in [4.78, 5) is 7.24. The van der Waals surface area contributed by atoms with E-state index in [0.29, 0.717) is 6.04 Å². The first kappa shape index (κ1) is 14.3. The lowest BCUT2D eigenvalue weighted by Crippen LogP contribution is -2.35. The fourth-order valence-electron chi connectivity index (χ4n) is 2.70. The lowest BCUT2D eigenvalue weighted by molar-refractivity contribution is 0.421. The lowest BCUT2D eigenvalue weighted by Gasteiger charge is -2.24. The van der Waals surface area contributed by atoms with Crippen LogP contribution in [0.4, 0.5) is 5.82 Å². The number of hydrogen-bond acceptors (Lipinski definition) is 3. The first-order valence-corrected chi connectivity index (χ1v) is 7.33. The van der Waals surface area contributed by atoms with Crippen molar-refractivity contribution in [3.8, 4) is 0 Å². The normalized spacial score (nSPS) is 23.9. The van der Waals surface area contributed by atoms with Crippen LogP contribution in [0, 0.1) is 5.92 Å². The van der Waals surface area contributed by atoms with Gasteiger partial charge in [0.15, 0.2) is 0 Å². The summed E-state index contributed by atoms with van der Waals surface area (Å²) in [5.74, 6) is 1.90. The van der Waals surface area contributed by atoms with E-state index in [9.17, 15) is 0 Å². The maximum absolute atomic E-state index is 4.81. The zero-order valence-electron chi connectivity index (χ0n) is 12.9. The SMILES string of the molecule is CC1CC(C)N(c2cccc(CNC(C)(C)C)n2)C1. The van der Waals surface area contributed by atoms with Crippen LogP contribution in [-0.2, 0) is 6.54 Å². The van der Waals surface area contributed by atoms with Gasteiger partial charge in [0.05, 0.1) is 5.69 Å². The monoisotopic (exact) mass is 261 g/mol. The molecule has 0 saturated carbocycles. The third kappa shape index (κ3) is 3.93. The van der Waals surface area contributed by atoms with Crippen LogP contribution in [0.3, 0.4) is 0 Å². The lowest BCUT2D eigenvalue weighted by atomic mass is 10.1. The van der Waals surface area contributed by atoms with E-state index in [1.54, 1.807) is 0 Å². The minimum absolute atomic E-state index is 0.132. The highest BCUT2D eigenvalue weighted by atomic mass is 15.2. The van der Waals surface area contributed by atoms with Crippen LogP contribution in [0.2, 0.25) is 0 Å². The molecule has 1 aliphatic rings. The Morgan fingerprint density at radius 2 is 2.05 bits per heavy atom. The van der Waals surface area contributed by atoms with E-state index < -0.39 is 0 Å². The minimum Gasteiger partial charge on any atom is -0.354 e. The standard InChI is InChI=1S/C16H27N3/c1-12-9-13(2)19(11-12)15-8-6-7-14(18-15)10-17-16(3,4)5/h6-8,12-13,17H,9-11H2,1-5H3. The molecule has 0 aliphatic carbocycles. The van der Waals surface area contributed by atoms with Gasteiger partial charge < -0.3 is 10.2 Å². The van der Waals surface area contributed by atoms with Crippen molar-refractivity contribution >= 4 is 5.82 Å². The average Bonchev–Trinajstić information content (AvgIpc) is 2.65. The van der Waals surface area contributed by atoms with Crippen LogP contribution in [0.1, 0.15) is 46.7 Å². The third-order valence-corrected chi connectivity index (χ3v) is 3.67. The zero-order valence-corrected chi connectivity index (χ0v) is 12.9. The van der Waals surface area contributed by atoms with Crippen LogP contribution in [0.5, 0.6) is 0 Å². The molecule has 106 valence electrons. The Balaban J connectivity index is 2.07. The molecule has 19 heavy (non-hydrogen) atoms. The molecule has 0 spiro atoms. The van der Waals surface area contributed by atoms with E-state index in [4.69, 9.17) is 4.98 Å². The smallest absolute Gasteiger partial charge is 0.129 e. The fraction of sp³-hybridized carbons (Fsp3) is 0.688. The second kappa shape index (κ2) is 5.49. The van der Waals surface area contributed by atoms with Gasteiger partial charge in [-0.25, -0.2) is 4.98 Å². The molecule has 2 heterocycles. The molecular weight excluding hydrogens is 234 g/mol. The molecule has 1 saturated heterocycles. The summed E-state index contributed by atoms with van der Waals surface area (Å²) >= 11 is 0. The number of rotatable bonds is 3. The predicted molar refractivity (Wildman–Crippen MR) is 81.4 cm³/mol. The molecule has 2 unspecified atom stereocenters. The zero-order chi connectivity index (χ0) is 14.0. The van der Waals surface area contributed by atoms with Gasteiger partial charge >= 0.3 is 0 Å². The van der Waals surface area contributed by atoms with Gasteiger partial charge in [0.2, 0.25) is 0 Å². The van der Waals surface area contributed by atoms with E-state index in [1.807, 2.05) is 0 Å². The molecule has 0 amide bonds. The quantitative estimate of drug-likeness (QED) is 0.905. The van der Waals surface area contributed by atoms with Crippen molar-refractivity contribution < 1.29 is 0 Å². The van der Waals surface area contributed by atoms with Crippen LogP contribution in [0.15, 0.2) is 18.2 Å². The molecule has 0 aromatic carbocycles. The molecule has 3 nitrogen and oxygen atoms in total. The highest BCUT2D eigenvalue weighted by molar-refractivity contribution is 5.42. The number of pyridine rings is 1. The van der Waals surface area contributed by atoms with Crippen LogP contribution in [-0.4, -0.2) is 23.1 Å². The summed E-state index contributed by atoms with van der Waals surface area (Å²) in [6.45, 7) is 13.1. The molecule has 1 aromatic rings. The number of aromatic nitrogens is 1. The van der Waals surface area contributed by atoms with Crippen molar-refractivity contribution in [1.29, 1.82) is 0 Å². The van der Waals surface area contributed by atoms with E-state index in [-0.39, 0.29) is 5.54 Å². The molecular formula is C16H27N3. The summed E-state index contributed by atoms with van der Waals surface area (Å²) in [5, 5.41) is 3.49. The topological polar surface area (TPSA) is 28.2 Å². The van der Waals surface area contributed by atoms with Gasteiger partial charge in [-0.2, -0.15) is 0 Å². The van der Waals surface area contributed by atoms with Crippen molar-refractivity contribution in [2.45, 2.75) is 59.2 Å². The Kier molecular flexibility index (Phi) is 4.14. The van der Waals surface area contributed by atoms with Crippen molar-refractivity contribution in [1.82, 2.24) is 10.3 Å². The first-order valence-electron chi connectivity index (χ1n) is 7.33. The highest BCUT2D eigenvalue weighted by Gasteiger charge is 2.27. The summed E-state index contributed by atoms with van der Waals surface area (Å²) < 4.78 is 0. The van der Waals surface area contributed by atoms with E-state index in [0.717, 1.165) is 30.5 Å². The minimum atomic E-state index is 0.132. The third-order valence-electron chi connectivity index (χ3n) is 3.67. The number of hydrogen-bond donors (Lipinski definition) is 1. The van der Waals surface area contributed by atoms with Gasteiger partial charge in [-0.3, -0.25) is 0 Å². The Hall–Kier alpha value is -1.09. The number of anilines is 1. The Morgan fingerprint density at radius 1 is 1.32 bits per heavy atom. The molecule has 1 N–H and O–H groups in total. The van der Waals surface area contributed by atoms with E-state index in [1.165, 1.54) is 6.42 Å². The van der Waals surface area contributed by atoms with Gasteiger partial charge in [-0.1, -0.05) is 13.0 Å². The molecule has 1 aliphatic heterocycles. The van der Waals surface area contributed by atoms with Gasteiger partial charge in [-0.05, 0) is 52.2 Å². The van der Waals surface area contributed by atoms with Gasteiger partial charge in [-0.15, -0.1) is 0 Å². The molecule has 0 bridgehead atoms. The number of nitrogens with one attached hydrogen (secondary N) is 1. The van der Waals surface area contributed by atoms with Crippen LogP contribution in [0.25, 0.3) is 0 Å². The van der Waals surface area contributed by atoms with Crippen LogP contribution >= 0.6 is 0 Å². The summed E-state index contributed by atoms with van der Waals surface area (Å²) in [7, 11) is 0. The Morgan fingerprint density at radius 3 is 2.63 bits per heavy atom. The van der Waals surface area contributed by atoms with E-state index >= 15 is 0 Å². The second-order valence-electron chi connectivity index (χ2n) is 6.93. The fourth-order valence-corrected chi connectivity index (χ4v) is 2.70. The molecule has 1 aromatic heterocycles. The van der Waals surface area contributed by atoms with E-state index in [2.05, 4.69) is 63.0 Å². The molecule has 2 rings (SSSR count). The largest absolute Gasteiger partial charge is 0.354 e. The average molecular weight is 261 g/mol. The predicted octanol–water partition coefficient (Wildman–Crippen LogP) is 3.20. The number of nitrogens with zero attached hydrogens (tertiary/aromatic N) is 2. The Labute approximate surface area is 117 Å². The summed E-state index contributed by atoms with van der Waals surface area (Å²) in [5.41, 5.74) is 1.26. The van der Waals surface area contributed by atoms with Crippen LogP contribution < -0.4 is 10.2 Å². The maximum atomic E-state index is 4.81. The van der Waals surface area contributed by atoms with Crippen molar-refractivity contribution in [2.75, 3.05) is 11.4 Å². The molecule has 2 atom stereocenters. The summed E-state index contributed by atoms with van der Waals surface area (Å²) in [6.07, 6.45) is 1.27. The summed E-state index contributed by atoms with van der Waals surface area (Å²) in [6, 6.07) is 6.97.